The molecule has 0 saturated heterocycles. The number of carboxylic acid groups (broad SMARTS) is 1. The van der Waals surface area contributed by atoms with E-state index in [9.17, 15) is 18.3 Å². The minimum absolute atomic E-state index is 0.0324. The summed E-state index contributed by atoms with van der Waals surface area (Å²) in [6.07, 6.45) is 0.592. The minimum Gasteiger partial charge on any atom is -0.480 e. The van der Waals surface area contributed by atoms with Gasteiger partial charge in [0.2, 0.25) is 10.0 Å². The van der Waals surface area contributed by atoms with Crippen LogP contribution in [0, 0.1) is 0 Å². The fraction of sp³-hybridized carbons (Fsp3) is 0.136. The number of carboxylic acids is 1. The van der Waals surface area contributed by atoms with Crippen molar-refractivity contribution in [3.05, 3.63) is 78.4 Å². The lowest BCUT2D eigenvalue weighted by Gasteiger charge is -2.15. The normalized spacial score (nSPS) is 13.0. The summed E-state index contributed by atoms with van der Waals surface area (Å²) in [5.74, 6) is -1.21. The van der Waals surface area contributed by atoms with Crippen LogP contribution in [0.25, 0.3) is 21.9 Å². The molecule has 0 spiro atoms. The molecule has 1 atom stereocenters. The van der Waals surface area contributed by atoms with E-state index in [1.165, 1.54) is 12.1 Å². The van der Waals surface area contributed by atoms with Gasteiger partial charge in [-0.15, -0.1) is 0 Å². The summed E-state index contributed by atoms with van der Waals surface area (Å²) in [6.45, 7) is 0. The van der Waals surface area contributed by atoms with Gasteiger partial charge < -0.3 is 9.52 Å². The zero-order valence-corrected chi connectivity index (χ0v) is 16.2. The molecule has 148 valence electrons. The number of furan rings is 1. The molecule has 0 saturated carbocycles. The number of carbonyl (C=O) groups is 1. The molecule has 0 fully saturated rings. The average molecular weight is 409 g/mol. The van der Waals surface area contributed by atoms with E-state index in [2.05, 4.69) is 4.72 Å². The highest BCUT2D eigenvalue weighted by Gasteiger charge is 2.26. The largest absolute Gasteiger partial charge is 0.480 e. The molecule has 4 rings (SSSR count). The Morgan fingerprint density at radius 2 is 1.62 bits per heavy atom. The first-order chi connectivity index (χ1) is 13.9. The third-order valence-electron chi connectivity index (χ3n) is 4.82. The van der Waals surface area contributed by atoms with Crippen molar-refractivity contribution >= 4 is 37.9 Å². The number of aryl methyl sites for hydroxylation is 1. The monoisotopic (exact) mass is 409 g/mol. The molecule has 3 aromatic carbocycles. The second-order valence-corrected chi connectivity index (χ2v) is 8.51. The van der Waals surface area contributed by atoms with Gasteiger partial charge in [0.1, 0.15) is 17.2 Å². The summed E-state index contributed by atoms with van der Waals surface area (Å²) < 4.78 is 33.6. The van der Waals surface area contributed by atoms with Crippen molar-refractivity contribution in [1.82, 2.24) is 4.72 Å². The fourth-order valence-electron chi connectivity index (χ4n) is 3.32. The van der Waals surface area contributed by atoms with Crippen LogP contribution in [0.2, 0.25) is 0 Å². The van der Waals surface area contributed by atoms with Crippen LogP contribution in [0.15, 0.2) is 82.1 Å². The molecular formula is C22H19NO5S. The number of nitrogens with one attached hydrogen (secondary N) is 1. The molecule has 0 aliphatic heterocycles. The van der Waals surface area contributed by atoms with E-state index in [1.807, 2.05) is 54.6 Å². The molecule has 0 amide bonds. The van der Waals surface area contributed by atoms with Gasteiger partial charge in [0.25, 0.3) is 0 Å². The van der Waals surface area contributed by atoms with Crippen molar-refractivity contribution in [1.29, 1.82) is 0 Å². The molecule has 0 aliphatic carbocycles. The van der Waals surface area contributed by atoms with Gasteiger partial charge in [0.05, 0.1) is 4.90 Å². The minimum atomic E-state index is -4.03. The molecular weight excluding hydrogens is 390 g/mol. The standard InChI is InChI=1S/C22H19NO5S/c24-22(25)19(13-10-15-6-2-1-3-7-15)23-29(26,27)16-11-12-18-17-8-4-5-9-20(17)28-21(18)14-16/h1-9,11-12,14,19,23H,10,13H2,(H,24,25)/t19-/m0/s1. The first kappa shape index (κ1) is 19.2. The molecule has 1 aromatic heterocycles. The number of hydrogen-bond acceptors (Lipinski definition) is 4. The van der Waals surface area contributed by atoms with Crippen LogP contribution in [-0.2, 0) is 21.2 Å². The fourth-order valence-corrected chi connectivity index (χ4v) is 4.56. The number of aliphatic carboxylic acids is 1. The Balaban J connectivity index is 1.59. The van der Waals surface area contributed by atoms with E-state index < -0.39 is 22.0 Å². The molecule has 7 heteroatoms. The summed E-state index contributed by atoms with van der Waals surface area (Å²) >= 11 is 0. The van der Waals surface area contributed by atoms with E-state index in [0.29, 0.717) is 17.6 Å². The van der Waals surface area contributed by atoms with E-state index in [-0.39, 0.29) is 11.3 Å². The summed E-state index contributed by atoms with van der Waals surface area (Å²) in [5, 5.41) is 11.2. The zero-order chi connectivity index (χ0) is 20.4. The summed E-state index contributed by atoms with van der Waals surface area (Å²) in [6, 6.07) is 20.1. The number of benzene rings is 3. The van der Waals surface area contributed by atoms with Crippen molar-refractivity contribution < 1.29 is 22.7 Å². The molecule has 0 bridgehead atoms. The third-order valence-corrected chi connectivity index (χ3v) is 6.29. The summed E-state index contributed by atoms with van der Waals surface area (Å²) in [5.41, 5.74) is 2.04. The highest BCUT2D eigenvalue weighted by Crippen LogP contribution is 2.30. The lowest BCUT2D eigenvalue weighted by atomic mass is 10.1. The Labute approximate surface area is 167 Å². The van der Waals surface area contributed by atoms with Crippen molar-refractivity contribution in [2.75, 3.05) is 0 Å². The van der Waals surface area contributed by atoms with Crippen molar-refractivity contribution in [3.8, 4) is 0 Å². The van der Waals surface area contributed by atoms with E-state index in [4.69, 9.17) is 4.42 Å². The SMILES string of the molecule is O=C(O)[C@H](CCc1ccccc1)NS(=O)(=O)c1ccc2c(c1)oc1ccccc12. The van der Waals surface area contributed by atoms with Gasteiger partial charge in [0, 0.05) is 16.8 Å². The van der Waals surface area contributed by atoms with Gasteiger partial charge >= 0.3 is 5.97 Å². The van der Waals surface area contributed by atoms with Crippen LogP contribution in [-0.4, -0.2) is 25.5 Å². The van der Waals surface area contributed by atoms with Gasteiger partial charge in [-0.25, -0.2) is 8.42 Å². The predicted octanol–water partition coefficient (Wildman–Crippen LogP) is 3.95. The molecule has 0 unspecified atom stereocenters. The molecule has 29 heavy (non-hydrogen) atoms. The lowest BCUT2D eigenvalue weighted by molar-refractivity contribution is -0.139. The smallest absolute Gasteiger partial charge is 0.321 e. The zero-order valence-electron chi connectivity index (χ0n) is 15.4. The number of para-hydroxylation sites is 1. The summed E-state index contributed by atoms with van der Waals surface area (Å²) in [4.78, 5) is 11.6. The quantitative estimate of drug-likeness (QED) is 0.482. The molecule has 0 aliphatic rings. The van der Waals surface area contributed by atoms with Gasteiger partial charge in [-0.3, -0.25) is 4.79 Å². The predicted molar refractivity (Wildman–Crippen MR) is 110 cm³/mol. The van der Waals surface area contributed by atoms with Crippen LogP contribution < -0.4 is 4.72 Å². The molecule has 0 radical (unpaired) electrons. The topological polar surface area (TPSA) is 96.6 Å². The van der Waals surface area contributed by atoms with Crippen LogP contribution in [0.5, 0.6) is 0 Å². The van der Waals surface area contributed by atoms with Crippen LogP contribution >= 0.6 is 0 Å². The Morgan fingerprint density at radius 3 is 2.38 bits per heavy atom. The highest BCUT2D eigenvalue weighted by atomic mass is 32.2. The Bertz CT molecular complexity index is 1280. The first-order valence-electron chi connectivity index (χ1n) is 9.14. The van der Waals surface area contributed by atoms with Gasteiger partial charge in [-0.2, -0.15) is 4.72 Å². The third kappa shape index (κ3) is 4.01. The van der Waals surface area contributed by atoms with Crippen LogP contribution in [0.3, 0.4) is 0 Å². The molecule has 2 N–H and O–H groups in total. The van der Waals surface area contributed by atoms with Crippen molar-refractivity contribution in [2.24, 2.45) is 0 Å². The maximum absolute atomic E-state index is 12.8. The number of rotatable bonds is 7. The molecule has 6 nitrogen and oxygen atoms in total. The second kappa shape index (κ2) is 7.69. The number of hydrogen-bond donors (Lipinski definition) is 2. The lowest BCUT2D eigenvalue weighted by Crippen LogP contribution is -2.41. The molecule has 1 heterocycles. The van der Waals surface area contributed by atoms with Crippen LogP contribution in [0.1, 0.15) is 12.0 Å². The second-order valence-electron chi connectivity index (χ2n) is 6.79. The van der Waals surface area contributed by atoms with Crippen molar-refractivity contribution in [3.63, 3.8) is 0 Å². The first-order valence-corrected chi connectivity index (χ1v) is 10.6. The Hall–Kier alpha value is -3.16. The Kier molecular flexibility index (Phi) is 5.08. The van der Waals surface area contributed by atoms with Gasteiger partial charge in [-0.1, -0.05) is 48.5 Å². The van der Waals surface area contributed by atoms with E-state index in [0.717, 1.165) is 16.3 Å². The van der Waals surface area contributed by atoms with Gasteiger partial charge in [0.15, 0.2) is 0 Å². The number of sulfonamides is 1. The Morgan fingerprint density at radius 1 is 0.931 bits per heavy atom. The number of fused-ring (bicyclic) bond motifs is 3. The van der Waals surface area contributed by atoms with Gasteiger partial charge in [-0.05, 0) is 36.6 Å². The summed E-state index contributed by atoms with van der Waals surface area (Å²) in [7, 11) is -4.03. The maximum atomic E-state index is 12.8. The molecule has 4 aromatic rings. The average Bonchev–Trinajstić information content (AvgIpc) is 3.09. The van der Waals surface area contributed by atoms with E-state index >= 15 is 0 Å². The maximum Gasteiger partial charge on any atom is 0.321 e. The highest BCUT2D eigenvalue weighted by molar-refractivity contribution is 7.89. The van der Waals surface area contributed by atoms with Crippen molar-refractivity contribution in [2.45, 2.75) is 23.8 Å². The van der Waals surface area contributed by atoms with E-state index in [1.54, 1.807) is 6.07 Å². The van der Waals surface area contributed by atoms with Crippen LogP contribution in [0.4, 0.5) is 0 Å².